The fourth-order valence-electron chi connectivity index (χ4n) is 0.627. The van der Waals surface area contributed by atoms with Crippen LogP contribution in [0.1, 0.15) is 20.8 Å². The molecule has 0 spiro atoms. The summed E-state index contributed by atoms with van der Waals surface area (Å²) in [6, 6.07) is 0. The molecule has 0 atom stereocenters. The van der Waals surface area contributed by atoms with Crippen molar-refractivity contribution < 1.29 is 4.74 Å². The lowest BCUT2D eigenvalue weighted by Crippen LogP contribution is -2.27. The minimum absolute atomic E-state index is 0.813. The average Bonchev–Trinajstić information content (AvgIpc) is 2.15. The third-order valence-electron chi connectivity index (χ3n) is 1.18. The van der Waals surface area contributed by atoms with Crippen LogP contribution in [0.2, 0.25) is 0 Å². The van der Waals surface area contributed by atoms with E-state index in [1.165, 1.54) is 0 Å². The van der Waals surface area contributed by atoms with Gasteiger partial charge in [-0.3, -0.25) is 0 Å². The first kappa shape index (κ1) is 14.4. The van der Waals surface area contributed by atoms with E-state index in [9.17, 15) is 0 Å². The summed E-state index contributed by atoms with van der Waals surface area (Å²) >= 11 is 0. The molecule has 0 aromatic heterocycles. The Hall–Kier alpha value is -0.120. The van der Waals surface area contributed by atoms with Crippen LogP contribution in [-0.2, 0) is 4.74 Å². The van der Waals surface area contributed by atoms with Crippen molar-refractivity contribution in [2.45, 2.75) is 20.8 Å². The molecule has 3 nitrogen and oxygen atoms in total. The van der Waals surface area contributed by atoms with E-state index in [-0.39, 0.29) is 0 Å². The normalized spacial score (nSPS) is 9.00. The molecule has 0 rings (SSSR count). The molecule has 0 aliphatic carbocycles. The first-order valence-electron chi connectivity index (χ1n) is 4.85. The molecule has 0 unspecified atom stereocenters. The van der Waals surface area contributed by atoms with Crippen LogP contribution in [0.4, 0.5) is 0 Å². The van der Waals surface area contributed by atoms with Gasteiger partial charge < -0.3 is 15.4 Å². The molecule has 76 valence electrons. The van der Waals surface area contributed by atoms with Crippen LogP contribution >= 0.6 is 0 Å². The van der Waals surface area contributed by atoms with Gasteiger partial charge in [0, 0.05) is 26.2 Å². The van der Waals surface area contributed by atoms with E-state index >= 15 is 0 Å². The highest BCUT2D eigenvalue weighted by molar-refractivity contribution is 4.46. The van der Waals surface area contributed by atoms with Gasteiger partial charge in [0.15, 0.2) is 0 Å². The Labute approximate surface area is 76.9 Å². The molecule has 12 heavy (non-hydrogen) atoms. The van der Waals surface area contributed by atoms with Gasteiger partial charge in [-0.1, -0.05) is 13.8 Å². The summed E-state index contributed by atoms with van der Waals surface area (Å²) in [7, 11) is 1.95. The third-order valence-corrected chi connectivity index (χ3v) is 1.18. The van der Waals surface area contributed by atoms with Gasteiger partial charge in [-0.2, -0.15) is 0 Å². The largest absolute Gasteiger partial charge is 0.380 e. The van der Waals surface area contributed by atoms with Crippen LogP contribution in [0.5, 0.6) is 0 Å². The molecule has 0 aliphatic rings. The predicted octanol–water partition coefficient (Wildman–Crippen LogP) is 0.858. The number of rotatable bonds is 7. The molecule has 0 saturated heterocycles. The van der Waals surface area contributed by atoms with Crippen molar-refractivity contribution in [2.24, 2.45) is 0 Å². The summed E-state index contributed by atoms with van der Waals surface area (Å²) in [5.41, 5.74) is 0. The highest BCUT2D eigenvalue weighted by atomic mass is 16.5. The van der Waals surface area contributed by atoms with Crippen LogP contribution in [0.3, 0.4) is 0 Å². The number of hydrogen-bond acceptors (Lipinski definition) is 3. The van der Waals surface area contributed by atoms with Gasteiger partial charge in [-0.15, -0.1) is 0 Å². The van der Waals surface area contributed by atoms with Crippen molar-refractivity contribution in [1.29, 1.82) is 0 Å². The summed E-state index contributed by atoms with van der Waals surface area (Å²) in [6.45, 7) is 10.6. The van der Waals surface area contributed by atoms with Gasteiger partial charge in [-0.25, -0.2) is 0 Å². The average molecular weight is 176 g/mol. The van der Waals surface area contributed by atoms with Crippen LogP contribution in [0, 0.1) is 0 Å². The smallest absolute Gasteiger partial charge is 0.0590 e. The minimum atomic E-state index is 0.813. The molecule has 0 aliphatic heterocycles. The topological polar surface area (TPSA) is 33.3 Å². The Morgan fingerprint density at radius 2 is 1.75 bits per heavy atom. The maximum atomic E-state index is 5.13. The maximum Gasteiger partial charge on any atom is 0.0590 e. The van der Waals surface area contributed by atoms with Gasteiger partial charge in [0.25, 0.3) is 0 Å². The second-order valence-electron chi connectivity index (χ2n) is 2.05. The van der Waals surface area contributed by atoms with E-state index in [1.807, 2.05) is 27.8 Å². The van der Waals surface area contributed by atoms with Crippen LogP contribution in [0.25, 0.3) is 0 Å². The Kier molecular flexibility index (Phi) is 20.5. The Balaban J connectivity index is 0. The molecule has 0 aromatic rings. The Bertz CT molecular complexity index is 52.5. The summed E-state index contributed by atoms with van der Waals surface area (Å²) in [6.07, 6.45) is 0. The molecule has 0 heterocycles. The molecule has 2 N–H and O–H groups in total. The number of nitrogens with one attached hydrogen (secondary N) is 2. The molecule has 0 bridgehead atoms. The van der Waals surface area contributed by atoms with E-state index < -0.39 is 0 Å². The zero-order chi connectivity index (χ0) is 9.66. The van der Waals surface area contributed by atoms with Gasteiger partial charge in [-0.05, 0) is 14.0 Å². The molecule has 0 aromatic carbocycles. The number of ether oxygens (including phenoxy) is 1. The molecule has 3 heteroatoms. The zero-order valence-corrected chi connectivity index (χ0v) is 8.94. The molecule has 0 fully saturated rings. The van der Waals surface area contributed by atoms with Crippen LogP contribution < -0.4 is 10.6 Å². The van der Waals surface area contributed by atoms with E-state index in [0.717, 1.165) is 32.8 Å². The lowest BCUT2D eigenvalue weighted by atomic mass is 10.6. The van der Waals surface area contributed by atoms with Crippen molar-refractivity contribution in [3.05, 3.63) is 0 Å². The first-order valence-corrected chi connectivity index (χ1v) is 4.85. The van der Waals surface area contributed by atoms with Gasteiger partial charge in [0.2, 0.25) is 0 Å². The first-order chi connectivity index (χ1) is 5.91. The third kappa shape index (κ3) is 16.5. The fraction of sp³-hybridized carbons (Fsp3) is 1.00. The minimum Gasteiger partial charge on any atom is -0.380 e. The number of hydrogen-bond donors (Lipinski definition) is 2. The van der Waals surface area contributed by atoms with Crippen molar-refractivity contribution in [2.75, 3.05) is 39.9 Å². The molecule has 0 radical (unpaired) electrons. The van der Waals surface area contributed by atoms with Crippen molar-refractivity contribution in [3.63, 3.8) is 0 Å². The maximum absolute atomic E-state index is 5.13. The highest BCUT2D eigenvalue weighted by Gasteiger charge is 1.84. The highest BCUT2D eigenvalue weighted by Crippen LogP contribution is 1.69. The van der Waals surface area contributed by atoms with E-state index in [0.29, 0.717) is 0 Å². The summed E-state index contributed by atoms with van der Waals surface area (Å²) in [5, 5.41) is 6.29. The van der Waals surface area contributed by atoms with Crippen LogP contribution in [-0.4, -0.2) is 39.9 Å². The Morgan fingerprint density at radius 3 is 2.25 bits per heavy atom. The Morgan fingerprint density at radius 1 is 1.08 bits per heavy atom. The van der Waals surface area contributed by atoms with Crippen LogP contribution in [0.15, 0.2) is 0 Å². The van der Waals surface area contributed by atoms with Crippen molar-refractivity contribution >= 4 is 0 Å². The lowest BCUT2D eigenvalue weighted by Gasteiger charge is -2.03. The van der Waals surface area contributed by atoms with E-state index in [2.05, 4.69) is 10.6 Å². The summed E-state index contributed by atoms with van der Waals surface area (Å²) in [5.74, 6) is 0. The van der Waals surface area contributed by atoms with E-state index in [1.54, 1.807) is 0 Å². The summed E-state index contributed by atoms with van der Waals surface area (Å²) in [4.78, 5) is 0. The van der Waals surface area contributed by atoms with Gasteiger partial charge in [0.1, 0.15) is 0 Å². The molecular weight excluding hydrogens is 152 g/mol. The van der Waals surface area contributed by atoms with Gasteiger partial charge >= 0.3 is 0 Å². The summed E-state index contributed by atoms with van der Waals surface area (Å²) < 4.78 is 5.13. The molecule has 0 saturated carbocycles. The van der Waals surface area contributed by atoms with Gasteiger partial charge in [0.05, 0.1) is 6.61 Å². The van der Waals surface area contributed by atoms with E-state index in [4.69, 9.17) is 4.74 Å². The number of likely N-dealkylation sites (N-methyl/N-ethyl adjacent to an activating group) is 1. The fourth-order valence-corrected chi connectivity index (χ4v) is 0.627. The standard InChI is InChI=1S/C7H18N2O.C2H6/c1-3-10-7-6-9-5-4-8-2;1-2/h8-9H,3-7H2,1-2H3;1-2H3. The molecular formula is C9H24N2O. The second-order valence-corrected chi connectivity index (χ2v) is 2.05. The predicted molar refractivity (Wildman–Crippen MR) is 54.6 cm³/mol. The molecule has 0 amide bonds. The van der Waals surface area contributed by atoms with Crippen molar-refractivity contribution in [1.82, 2.24) is 10.6 Å². The lowest BCUT2D eigenvalue weighted by molar-refractivity contribution is 0.149. The second kappa shape index (κ2) is 17.1. The SMILES string of the molecule is CC.CCOCCNCCNC. The zero-order valence-electron chi connectivity index (χ0n) is 8.94. The van der Waals surface area contributed by atoms with Crippen molar-refractivity contribution in [3.8, 4) is 0 Å². The monoisotopic (exact) mass is 176 g/mol. The quantitative estimate of drug-likeness (QED) is 0.564.